The van der Waals surface area contributed by atoms with Gasteiger partial charge in [0, 0.05) is 43.5 Å². The molecule has 3 heterocycles. The number of aliphatic imine (C=N–C) groups is 1. The molecule has 0 unspecified atom stereocenters. The molecule has 0 saturated carbocycles. The van der Waals surface area contributed by atoms with E-state index in [4.69, 9.17) is 5.73 Å². The Morgan fingerprint density at radius 3 is 2.47 bits per heavy atom. The maximum atomic E-state index is 13.7. The number of rotatable bonds is 5. The number of hydrogen-bond acceptors (Lipinski definition) is 6. The van der Waals surface area contributed by atoms with Gasteiger partial charge < -0.3 is 11.1 Å². The van der Waals surface area contributed by atoms with E-state index in [1.165, 1.54) is 15.3 Å². The summed E-state index contributed by atoms with van der Waals surface area (Å²) in [7, 11) is 3.23. The first-order valence-electron chi connectivity index (χ1n) is 11.2. The lowest BCUT2D eigenvalue weighted by atomic mass is 10.0. The van der Waals surface area contributed by atoms with Crippen molar-refractivity contribution in [1.29, 1.82) is 0 Å². The molecule has 3 N–H and O–H groups in total. The lowest BCUT2D eigenvalue weighted by Gasteiger charge is -2.15. The van der Waals surface area contributed by atoms with Gasteiger partial charge in [-0.2, -0.15) is 13.2 Å². The molecule has 0 radical (unpaired) electrons. The Labute approximate surface area is 205 Å². The van der Waals surface area contributed by atoms with Crippen molar-refractivity contribution in [2.45, 2.75) is 26.9 Å². The van der Waals surface area contributed by atoms with Crippen LogP contribution in [0.25, 0.3) is 38.8 Å². The molecule has 0 spiro atoms. The number of nitrogens with zero attached hydrogens (tertiary/aromatic N) is 5. The molecule has 0 fully saturated rings. The van der Waals surface area contributed by atoms with E-state index in [-0.39, 0.29) is 17.1 Å². The van der Waals surface area contributed by atoms with Crippen LogP contribution in [0.2, 0.25) is 0 Å². The third-order valence-electron chi connectivity index (χ3n) is 6.03. The molecule has 8 nitrogen and oxygen atoms in total. The van der Waals surface area contributed by atoms with Gasteiger partial charge in [-0.3, -0.25) is 19.1 Å². The van der Waals surface area contributed by atoms with Crippen molar-refractivity contribution in [2.75, 3.05) is 18.9 Å². The highest BCUT2D eigenvalue weighted by Crippen LogP contribution is 2.37. The van der Waals surface area contributed by atoms with E-state index >= 15 is 0 Å². The van der Waals surface area contributed by atoms with Gasteiger partial charge in [-0.05, 0) is 44.5 Å². The van der Waals surface area contributed by atoms with Gasteiger partial charge in [0.1, 0.15) is 5.82 Å². The average Bonchev–Trinajstić information content (AvgIpc) is 3.08. The number of halogens is 3. The fourth-order valence-electron chi connectivity index (χ4n) is 4.26. The van der Waals surface area contributed by atoms with Crippen molar-refractivity contribution in [1.82, 2.24) is 19.1 Å². The molecule has 4 rings (SSSR count). The van der Waals surface area contributed by atoms with E-state index in [9.17, 15) is 18.0 Å². The zero-order valence-corrected chi connectivity index (χ0v) is 20.5. The maximum absolute atomic E-state index is 13.7. The summed E-state index contributed by atoms with van der Waals surface area (Å²) >= 11 is 0. The van der Waals surface area contributed by atoms with Crippen LogP contribution in [0.5, 0.6) is 0 Å². The van der Waals surface area contributed by atoms with Gasteiger partial charge in [-0.25, -0.2) is 9.78 Å². The largest absolute Gasteiger partial charge is 0.419 e. The van der Waals surface area contributed by atoms with Crippen molar-refractivity contribution in [3.05, 3.63) is 58.4 Å². The molecule has 0 aliphatic heterocycles. The zero-order chi connectivity index (χ0) is 26.4. The molecule has 1 aromatic carbocycles. The minimum Gasteiger partial charge on any atom is -0.401 e. The lowest BCUT2D eigenvalue weighted by molar-refractivity contribution is -0.137. The molecule has 36 heavy (non-hydrogen) atoms. The predicted molar refractivity (Wildman–Crippen MR) is 137 cm³/mol. The first-order valence-corrected chi connectivity index (χ1v) is 11.2. The summed E-state index contributed by atoms with van der Waals surface area (Å²) in [6.07, 6.45) is -1.60. The highest BCUT2D eigenvalue weighted by atomic mass is 19.4. The van der Waals surface area contributed by atoms with Crippen LogP contribution < -0.4 is 16.7 Å². The van der Waals surface area contributed by atoms with Crippen LogP contribution in [0.1, 0.15) is 26.3 Å². The van der Waals surface area contributed by atoms with Crippen LogP contribution in [0.4, 0.5) is 19.0 Å². The maximum Gasteiger partial charge on any atom is 0.419 e. The number of alkyl halides is 3. The standard InChI is InChI=1S/C25H26F3N7O/c1-6-31-23-18(25(26,27)28)10-16(11-33-23)15-7-8-19-17(9-15)22-20(12-32-19)34(5)24(36)35(22)21(13(2)29)14(3)30-4/h7-12H,6,29H2,1-5H3,(H,31,33). The molecule has 0 aliphatic rings. The summed E-state index contributed by atoms with van der Waals surface area (Å²) in [5.41, 5.74) is 8.80. The number of aromatic nitrogens is 4. The number of allylic oxidation sites excluding steroid dienone is 2. The third kappa shape index (κ3) is 4.10. The van der Waals surface area contributed by atoms with Crippen LogP contribution in [-0.4, -0.2) is 38.4 Å². The Morgan fingerprint density at radius 2 is 1.86 bits per heavy atom. The van der Waals surface area contributed by atoms with Crippen LogP contribution in [0, 0.1) is 0 Å². The van der Waals surface area contributed by atoms with Gasteiger partial charge in [0.05, 0.1) is 39.7 Å². The predicted octanol–water partition coefficient (Wildman–Crippen LogP) is 4.64. The van der Waals surface area contributed by atoms with Crippen LogP contribution in [0.3, 0.4) is 0 Å². The first-order chi connectivity index (χ1) is 17.0. The average molecular weight is 498 g/mol. The Balaban J connectivity index is 2.06. The monoisotopic (exact) mass is 497 g/mol. The minimum absolute atomic E-state index is 0.224. The van der Waals surface area contributed by atoms with Crippen molar-refractivity contribution >= 4 is 39.2 Å². The minimum atomic E-state index is -4.58. The van der Waals surface area contributed by atoms with Gasteiger partial charge in [-0.1, -0.05) is 6.07 Å². The SMILES string of the molecule is CCNc1ncc(-c2ccc3ncc4c(c3c2)n(C(C(C)=NC)=C(C)N)c(=O)n4C)cc1C(F)(F)F. The summed E-state index contributed by atoms with van der Waals surface area (Å²) in [4.78, 5) is 26.0. The quantitative estimate of drug-likeness (QED) is 0.391. The number of nitrogens with one attached hydrogen (secondary N) is 1. The van der Waals surface area contributed by atoms with Gasteiger partial charge >= 0.3 is 11.9 Å². The second-order valence-corrected chi connectivity index (χ2v) is 8.39. The first kappa shape index (κ1) is 25.0. The normalized spacial score (nSPS) is 13.4. The van der Waals surface area contributed by atoms with E-state index in [1.54, 1.807) is 59.3 Å². The molecule has 11 heteroatoms. The molecule has 0 aliphatic carbocycles. The fourth-order valence-corrected chi connectivity index (χ4v) is 4.26. The molecule has 0 amide bonds. The summed E-state index contributed by atoms with van der Waals surface area (Å²) in [6.45, 7) is 5.44. The molecular formula is C25H26F3N7O. The van der Waals surface area contributed by atoms with Gasteiger partial charge in [0.15, 0.2) is 0 Å². The number of fused-ring (bicyclic) bond motifs is 3. The molecule has 4 aromatic rings. The van der Waals surface area contributed by atoms with Crippen molar-refractivity contribution < 1.29 is 13.2 Å². The molecular weight excluding hydrogens is 471 g/mol. The fraction of sp³-hybridized carbons (Fsp3) is 0.280. The van der Waals surface area contributed by atoms with Crippen molar-refractivity contribution in [2.24, 2.45) is 17.8 Å². The summed E-state index contributed by atoms with van der Waals surface area (Å²) in [5.74, 6) is -0.224. The number of pyridine rings is 2. The smallest absolute Gasteiger partial charge is 0.401 e. The Morgan fingerprint density at radius 1 is 1.14 bits per heavy atom. The topological polar surface area (TPSA) is 103 Å². The molecule has 188 valence electrons. The summed E-state index contributed by atoms with van der Waals surface area (Å²) in [6, 6.07) is 6.17. The van der Waals surface area contributed by atoms with Crippen LogP contribution in [0.15, 0.2) is 52.1 Å². The number of benzene rings is 1. The Kier molecular flexibility index (Phi) is 6.33. The van der Waals surface area contributed by atoms with E-state index in [2.05, 4.69) is 20.3 Å². The van der Waals surface area contributed by atoms with E-state index < -0.39 is 11.7 Å². The van der Waals surface area contributed by atoms with E-state index in [0.717, 1.165) is 6.07 Å². The third-order valence-corrected chi connectivity index (χ3v) is 6.03. The second-order valence-electron chi connectivity index (χ2n) is 8.39. The van der Waals surface area contributed by atoms with Crippen molar-refractivity contribution in [3.8, 4) is 11.1 Å². The molecule has 0 saturated heterocycles. The second kappa shape index (κ2) is 9.14. The van der Waals surface area contributed by atoms with Crippen LogP contribution >= 0.6 is 0 Å². The molecule has 0 atom stereocenters. The number of anilines is 1. The van der Waals surface area contributed by atoms with E-state index in [0.29, 0.717) is 51.2 Å². The number of hydrogen-bond donors (Lipinski definition) is 2. The van der Waals surface area contributed by atoms with Gasteiger partial charge in [0.25, 0.3) is 0 Å². The number of nitrogens with two attached hydrogens (primary N) is 1. The summed E-state index contributed by atoms with van der Waals surface area (Å²) < 4.78 is 44.2. The molecule has 3 aromatic heterocycles. The zero-order valence-electron chi connectivity index (χ0n) is 20.5. The Bertz CT molecular complexity index is 1610. The van der Waals surface area contributed by atoms with Crippen LogP contribution in [-0.2, 0) is 13.2 Å². The van der Waals surface area contributed by atoms with E-state index in [1.807, 2.05) is 0 Å². The molecule has 0 bridgehead atoms. The highest BCUT2D eigenvalue weighted by molar-refractivity contribution is 6.20. The summed E-state index contributed by atoms with van der Waals surface area (Å²) in [5, 5.41) is 3.24. The Hall–Kier alpha value is -4.15. The highest BCUT2D eigenvalue weighted by Gasteiger charge is 2.34. The number of imidazole rings is 1. The van der Waals surface area contributed by atoms with Gasteiger partial charge in [-0.15, -0.1) is 0 Å². The lowest BCUT2D eigenvalue weighted by Crippen LogP contribution is -2.26. The van der Waals surface area contributed by atoms with Crippen molar-refractivity contribution in [3.63, 3.8) is 0 Å². The van der Waals surface area contributed by atoms with Gasteiger partial charge in [0.2, 0.25) is 0 Å². The number of aryl methyl sites for hydroxylation is 1.